The lowest BCUT2D eigenvalue weighted by molar-refractivity contribution is -0.0622. The molecule has 0 amide bonds. The number of benzene rings is 1. The number of nitrogens with one attached hydrogen (secondary N) is 1. The summed E-state index contributed by atoms with van der Waals surface area (Å²) in [6, 6.07) is 5.19. The molecule has 2 aliphatic heterocycles. The first-order chi connectivity index (χ1) is 9.96. The van der Waals surface area contributed by atoms with Crippen molar-refractivity contribution < 1.29 is 9.84 Å². The lowest BCUT2D eigenvalue weighted by atomic mass is 9.74. The first-order valence-corrected chi connectivity index (χ1v) is 7.55. The molecule has 1 fully saturated rings. The smallest absolute Gasteiger partial charge is 0.154 e. The summed E-state index contributed by atoms with van der Waals surface area (Å²) in [5.41, 5.74) is 5.64. The van der Waals surface area contributed by atoms with Crippen LogP contribution in [-0.4, -0.2) is 36.2 Å². The van der Waals surface area contributed by atoms with Crippen LogP contribution in [0.15, 0.2) is 23.2 Å². The molecule has 4 unspecified atom stereocenters. The Kier molecular flexibility index (Phi) is 3.88. The molecule has 0 bridgehead atoms. The van der Waals surface area contributed by atoms with Crippen LogP contribution in [0, 0.1) is 5.92 Å². The van der Waals surface area contributed by atoms with Crippen molar-refractivity contribution in [2.75, 3.05) is 13.7 Å². The Morgan fingerprint density at radius 3 is 3.00 bits per heavy atom. The van der Waals surface area contributed by atoms with Crippen LogP contribution >= 0.6 is 23.2 Å². The van der Waals surface area contributed by atoms with Gasteiger partial charge in [0.05, 0.1) is 17.3 Å². The van der Waals surface area contributed by atoms with Crippen molar-refractivity contribution >= 4 is 34.7 Å². The third-order valence-corrected chi connectivity index (χ3v) is 4.86. The van der Waals surface area contributed by atoms with Gasteiger partial charge >= 0.3 is 0 Å². The Morgan fingerprint density at radius 2 is 2.29 bits per heavy atom. The number of rotatable bonds is 2. The Bertz CT molecular complexity index is 596. The van der Waals surface area contributed by atoms with Crippen molar-refractivity contribution in [2.24, 2.45) is 16.6 Å². The van der Waals surface area contributed by atoms with Gasteiger partial charge < -0.3 is 15.6 Å². The van der Waals surface area contributed by atoms with Gasteiger partial charge in [0.2, 0.25) is 0 Å². The molecular formula is C14H17Cl2N3O2. The maximum absolute atomic E-state index is 11.3. The number of hydrogen-bond acceptors (Lipinski definition) is 5. The molecule has 1 aromatic carbocycles. The third kappa shape index (κ3) is 2.33. The van der Waals surface area contributed by atoms with E-state index in [1.807, 2.05) is 0 Å². The van der Waals surface area contributed by atoms with Crippen LogP contribution in [0.3, 0.4) is 0 Å². The summed E-state index contributed by atoms with van der Waals surface area (Å²) >= 11 is 12.3. The summed E-state index contributed by atoms with van der Waals surface area (Å²) in [5.74, 6) is -0.132. The van der Waals surface area contributed by atoms with Crippen molar-refractivity contribution in [3.63, 3.8) is 0 Å². The summed E-state index contributed by atoms with van der Waals surface area (Å²) < 4.78 is 5.50. The highest BCUT2D eigenvalue weighted by atomic mass is 35.5. The molecule has 21 heavy (non-hydrogen) atoms. The first kappa shape index (κ1) is 15.1. The number of methoxy groups -OCH3 is 1. The molecule has 0 spiro atoms. The number of fused-ring (bicyclic) bond motifs is 1. The molecule has 3 rings (SSSR count). The Morgan fingerprint density at radius 1 is 1.52 bits per heavy atom. The average molecular weight is 330 g/mol. The van der Waals surface area contributed by atoms with Gasteiger partial charge in [-0.25, -0.2) is 4.99 Å². The molecule has 4 atom stereocenters. The zero-order valence-electron chi connectivity index (χ0n) is 11.5. The van der Waals surface area contributed by atoms with Crippen molar-refractivity contribution in [1.29, 1.82) is 0 Å². The van der Waals surface area contributed by atoms with E-state index in [-0.39, 0.29) is 23.4 Å². The molecule has 4 N–H and O–H groups in total. The van der Waals surface area contributed by atoms with E-state index in [9.17, 15) is 5.11 Å². The molecular weight excluding hydrogens is 313 g/mol. The second-order valence-electron chi connectivity index (χ2n) is 5.42. The maximum Gasteiger partial charge on any atom is 0.154 e. The molecule has 0 aliphatic carbocycles. The van der Waals surface area contributed by atoms with Gasteiger partial charge in [-0.3, -0.25) is 5.32 Å². The highest BCUT2D eigenvalue weighted by molar-refractivity contribution is 6.30. The largest absolute Gasteiger partial charge is 0.384 e. The second kappa shape index (κ2) is 5.41. The van der Waals surface area contributed by atoms with Crippen molar-refractivity contribution in [3.8, 4) is 0 Å². The number of aliphatic hydroxyl groups is 1. The number of aliphatic imine (C=N–C) groups is 1. The Labute approximate surface area is 133 Å². The van der Waals surface area contributed by atoms with E-state index in [2.05, 4.69) is 10.3 Å². The summed E-state index contributed by atoms with van der Waals surface area (Å²) in [7, 11) is 1.61. The number of nitrogens with two attached hydrogens (primary N) is 1. The van der Waals surface area contributed by atoms with Crippen LogP contribution in [0.1, 0.15) is 12.0 Å². The SMILES string of the molecule is COC1CNC(Cl)CC1C1(O)C(N)=Nc2ccc(Cl)cc21. The monoisotopic (exact) mass is 329 g/mol. The van der Waals surface area contributed by atoms with E-state index in [1.54, 1.807) is 25.3 Å². The Balaban J connectivity index is 2.07. The van der Waals surface area contributed by atoms with Crippen molar-refractivity contribution in [3.05, 3.63) is 28.8 Å². The standard InChI is InChI=1S/C14H17Cl2N3O2/c1-21-11-6-18-12(16)5-9(11)14(20)8-4-7(15)2-3-10(8)19-13(14)17/h2-4,9,11-12,18,20H,5-6H2,1H3,(H2,17,19). The molecule has 0 aromatic heterocycles. The summed E-state index contributed by atoms with van der Waals surface area (Å²) in [6.45, 7) is 0.542. The Hall–Kier alpha value is -0.850. The van der Waals surface area contributed by atoms with Crippen LogP contribution in [0.5, 0.6) is 0 Å². The van der Waals surface area contributed by atoms with Gasteiger partial charge in [-0.2, -0.15) is 0 Å². The molecule has 2 aliphatic rings. The minimum Gasteiger partial charge on any atom is -0.384 e. The summed E-state index contributed by atoms with van der Waals surface area (Å²) in [6.07, 6.45) is 0.294. The normalized spacial score (nSPS) is 35.4. The predicted octanol–water partition coefficient (Wildman–Crippen LogP) is 1.72. The minimum absolute atomic E-state index is 0.164. The van der Waals surface area contributed by atoms with Gasteiger partial charge in [0, 0.05) is 30.2 Å². The molecule has 0 saturated carbocycles. The van der Waals surface area contributed by atoms with Gasteiger partial charge in [-0.1, -0.05) is 11.6 Å². The highest BCUT2D eigenvalue weighted by Crippen LogP contribution is 2.47. The quantitative estimate of drug-likeness (QED) is 0.570. The number of halogens is 2. The van der Waals surface area contributed by atoms with Crippen LogP contribution < -0.4 is 11.1 Å². The number of piperidine rings is 1. The first-order valence-electron chi connectivity index (χ1n) is 6.74. The molecule has 114 valence electrons. The van der Waals surface area contributed by atoms with Gasteiger partial charge in [-0.15, -0.1) is 11.6 Å². The fourth-order valence-electron chi connectivity index (χ4n) is 3.19. The highest BCUT2D eigenvalue weighted by Gasteiger charge is 2.52. The van der Waals surface area contributed by atoms with Gasteiger partial charge in [0.25, 0.3) is 0 Å². The maximum atomic E-state index is 11.3. The molecule has 1 saturated heterocycles. The van der Waals surface area contributed by atoms with E-state index < -0.39 is 5.60 Å². The third-order valence-electron chi connectivity index (χ3n) is 4.29. The topological polar surface area (TPSA) is 79.9 Å². The second-order valence-corrected chi connectivity index (χ2v) is 6.38. The summed E-state index contributed by atoms with van der Waals surface area (Å²) in [4.78, 5) is 4.28. The molecule has 5 nitrogen and oxygen atoms in total. The number of amidine groups is 1. The minimum atomic E-state index is -1.41. The van der Waals surface area contributed by atoms with Crippen LogP contribution in [0.4, 0.5) is 5.69 Å². The van der Waals surface area contributed by atoms with E-state index in [0.29, 0.717) is 29.2 Å². The zero-order valence-corrected chi connectivity index (χ0v) is 13.0. The van der Waals surface area contributed by atoms with Crippen LogP contribution in [-0.2, 0) is 10.3 Å². The predicted molar refractivity (Wildman–Crippen MR) is 83.2 cm³/mol. The van der Waals surface area contributed by atoms with E-state index in [1.165, 1.54) is 0 Å². The average Bonchev–Trinajstić information content (AvgIpc) is 2.72. The van der Waals surface area contributed by atoms with Gasteiger partial charge in [0.15, 0.2) is 5.60 Å². The summed E-state index contributed by atoms with van der Waals surface area (Å²) in [5, 5.41) is 15.0. The van der Waals surface area contributed by atoms with E-state index in [0.717, 1.165) is 0 Å². The molecule has 2 heterocycles. The number of nitrogens with zero attached hydrogens (tertiary/aromatic N) is 1. The molecule has 0 radical (unpaired) electrons. The molecule has 1 aromatic rings. The van der Waals surface area contributed by atoms with Crippen molar-refractivity contribution in [1.82, 2.24) is 5.32 Å². The van der Waals surface area contributed by atoms with Crippen molar-refractivity contribution in [2.45, 2.75) is 23.6 Å². The lowest BCUT2D eigenvalue weighted by Gasteiger charge is -2.42. The zero-order chi connectivity index (χ0) is 15.2. The van der Waals surface area contributed by atoms with Crippen LogP contribution in [0.25, 0.3) is 0 Å². The van der Waals surface area contributed by atoms with Gasteiger partial charge in [0.1, 0.15) is 5.84 Å². The van der Waals surface area contributed by atoms with Crippen LogP contribution in [0.2, 0.25) is 5.02 Å². The fourth-order valence-corrected chi connectivity index (χ4v) is 3.64. The number of alkyl halides is 1. The fraction of sp³-hybridized carbons (Fsp3) is 0.500. The van der Waals surface area contributed by atoms with Gasteiger partial charge in [-0.05, 0) is 24.6 Å². The van der Waals surface area contributed by atoms with E-state index in [4.69, 9.17) is 33.7 Å². The lowest BCUT2D eigenvalue weighted by Crippen LogP contribution is -2.57. The molecule has 7 heteroatoms. The number of hydrogen-bond donors (Lipinski definition) is 3. The van der Waals surface area contributed by atoms with E-state index >= 15 is 0 Å². The number of ether oxygens (including phenoxy) is 1.